The van der Waals surface area contributed by atoms with Gasteiger partial charge in [-0.25, -0.2) is 13.1 Å². The van der Waals surface area contributed by atoms with Gasteiger partial charge in [0, 0.05) is 19.6 Å². The van der Waals surface area contributed by atoms with Crippen LogP contribution < -0.4 is 15.8 Å². The van der Waals surface area contributed by atoms with E-state index in [1.54, 1.807) is 24.3 Å². The number of aliphatic imine (C=N–C) groups is 1. The Morgan fingerprint density at radius 1 is 1.25 bits per heavy atom. The molecule has 1 aromatic carbocycles. The quantitative estimate of drug-likeness (QED) is 0.390. The zero-order valence-corrected chi connectivity index (χ0v) is 12.7. The molecule has 7 heteroatoms. The van der Waals surface area contributed by atoms with E-state index in [1.807, 2.05) is 13.8 Å². The maximum Gasteiger partial charge on any atom is 0.240 e. The summed E-state index contributed by atoms with van der Waals surface area (Å²) in [6, 6.07) is 6.70. The van der Waals surface area contributed by atoms with E-state index in [0.29, 0.717) is 19.0 Å². The fraction of sp³-hybridized carbons (Fsp3) is 0.462. The van der Waals surface area contributed by atoms with Gasteiger partial charge in [-0.3, -0.25) is 4.99 Å². The highest BCUT2D eigenvalue weighted by molar-refractivity contribution is 7.89. The molecule has 0 heterocycles. The van der Waals surface area contributed by atoms with Gasteiger partial charge in [-0.1, -0.05) is 24.6 Å². The Balaban J connectivity index is 2.43. The Morgan fingerprint density at radius 3 is 2.50 bits per heavy atom. The van der Waals surface area contributed by atoms with Crippen molar-refractivity contribution in [3.05, 3.63) is 29.8 Å². The smallest absolute Gasteiger partial charge is 0.240 e. The first kappa shape index (κ1) is 16.5. The lowest BCUT2D eigenvalue weighted by molar-refractivity contribution is 0.581. The van der Waals surface area contributed by atoms with Crippen molar-refractivity contribution in [1.82, 2.24) is 10.0 Å². The van der Waals surface area contributed by atoms with Crippen molar-refractivity contribution in [2.24, 2.45) is 10.7 Å². The van der Waals surface area contributed by atoms with Gasteiger partial charge >= 0.3 is 0 Å². The molecule has 0 saturated carbocycles. The summed E-state index contributed by atoms with van der Waals surface area (Å²) < 4.78 is 26.4. The van der Waals surface area contributed by atoms with Crippen molar-refractivity contribution < 1.29 is 8.42 Å². The molecule has 1 aromatic rings. The molecule has 20 heavy (non-hydrogen) atoms. The molecule has 0 bridgehead atoms. The Bertz CT molecular complexity index is 538. The van der Waals surface area contributed by atoms with Gasteiger partial charge in [0.1, 0.15) is 0 Å². The summed E-state index contributed by atoms with van der Waals surface area (Å²) in [5, 5.41) is 2.85. The number of benzene rings is 1. The minimum Gasteiger partial charge on any atom is -0.370 e. The van der Waals surface area contributed by atoms with Crippen molar-refractivity contribution in [3.63, 3.8) is 0 Å². The zero-order chi connectivity index (χ0) is 15.0. The van der Waals surface area contributed by atoms with Crippen molar-refractivity contribution in [2.75, 3.05) is 19.6 Å². The van der Waals surface area contributed by atoms with Crippen molar-refractivity contribution in [3.8, 4) is 0 Å². The van der Waals surface area contributed by atoms with Crippen LogP contribution in [-0.2, 0) is 10.0 Å². The molecular formula is C13H22N4O2S. The lowest BCUT2D eigenvalue weighted by Gasteiger charge is -2.08. The molecule has 6 nitrogen and oxygen atoms in total. The normalized spacial score (nSPS) is 12.4. The van der Waals surface area contributed by atoms with Gasteiger partial charge in [0.15, 0.2) is 5.96 Å². The van der Waals surface area contributed by atoms with Crippen LogP contribution >= 0.6 is 0 Å². The third kappa shape index (κ3) is 5.58. The third-order valence-electron chi connectivity index (χ3n) is 2.56. The van der Waals surface area contributed by atoms with E-state index in [1.165, 1.54) is 0 Å². The van der Waals surface area contributed by atoms with Gasteiger partial charge < -0.3 is 11.1 Å². The van der Waals surface area contributed by atoms with Crippen LogP contribution in [-0.4, -0.2) is 34.0 Å². The van der Waals surface area contributed by atoms with Crippen LogP contribution in [0.2, 0.25) is 0 Å². The topological polar surface area (TPSA) is 96.6 Å². The van der Waals surface area contributed by atoms with E-state index in [2.05, 4.69) is 15.0 Å². The van der Waals surface area contributed by atoms with E-state index >= 15 is 0 Å². The molecular weight excluding hydrogens is 276 g/mol. The molecule has 4 N–H and O–H groups in total. The molecule has 0 amide bonds. The number of rotatable bonds is 7. The fourth-order valence-electron chi connectivity index (χ4n) is 1.46. The van der Waals surface area contributed by atoms with Crippen LogP contribution in [0.5, 0.6) is 0 Å². The monoisotopic (exact) mass is 298 g/mol. The fourth-order valence-corrected chi connectivity index (χ4v) is 2.50. The lowest BCUT2D eigenvalue weighted by Crippen LogP contribution is -2.38. The highest BCUT2D eigenvalue weighted by Gasteiger charge is 2.12. The number of guanidine groups is 1. The van der Waals surface area contributed by atoms with Gasteiger partial charge in [-0.2, -0.15) is 0 Å². The van der Waals surface area contributed by atoms with Crippen LogP contribution in [0.15, 0.2) is 34.2 Å². The zero-order valence-electron chi connectivity index (χ0n) is 11.9. The Kier molecular flexibility index (Phi) is 6.47. The molecule has 0 unspecified atom stereocenters. The summed E-state index contributed by atoms with van der Waals surface area (Å²) >= 11 is 0. The molecule has 0 aliphatic carbocycles. The SMILES string of the molecule is CCCN=C(N)NCCNS(=O)(=O)c1ccc(C)cc1. The third-order valence-corrected chi connectivity index (χ3v) is 4.04. The minimum atomic E-state index is -3.46. The summed E-state index contributed by atoms with van der Waals surface area (Å²) in [5.41, 5.74) is 6.62. The predicted octanol–water partition coefficient (Wildman–Crippen LogP) is 0.588. The van der Waals surface area contributed by atoms with Crippen LogP contribution in [0.25, 0.3) is 0 Å². The molecule has 1 rings (SSSR count). The largest absolute Gasteiger partial charge is 0.370 e. The van der Waals surface area contributed by atoms with E-state index < -0.39 is 10.0 Å². The van der Waals surface area contributed by atoms with Crippen LogP contribution in [0.1, 0.15) is 18.9 Å². The number of hydrogen-bond donors (Lipinski definition) is 3. The molecule has 112 valence electrons. The lowest BCUT2D eigenvalue weighted by atomic mass is 10.2. The van der Waals surface area contributed by atoms with Gasteiger partial charge in [0.25, 0.3) is 0 Å². The van der Waals surface area contributed by atoms with E-state index in [0.717, 1.165) is 12.0 Å². The number of nitrogens with zero attached hydrogens (tertiary/aromatic N) is 1. The maximum atomic E-state index is 12.0. The van der Waals surface area contributed by atoms with Crippen LogP contribution in [0.4, 0.5) is 0 Å². The number of aryl methyl sites for hydroxylation is 1. The van der Waals surface area contributed by atoms with Gasteiger partial charge in [0.05, 0.1) is 4.90 Å². The van der Waals surface area contributed by atoms with Crippen LogP contribution in [0, 0.1) is 6.92 Å². The van der Waals surface area contributed by atoms with E-state index in [-0.39, 0.29) is 11.4 Å². The average Bonchev–Trinajstić information content (AvgIpc) is 2.42. The average molecular weight is 298 g/mol. The summed E-state index contributed by atoms with van der Waals surface area (Å²) in [7, 11) is -3.46. The summed E-state index contributed by atoms with van der Waals surface area (Å²) in [4.78, 5) is 4.31. The number of hydrogen-bond acceptors (Lipinski definition) is 3. The standard InChI is InChI=1S/C13H22N4O2S/c1-3-8-15-13(14)16-9-10-17-20(18,19)12-6-4-11(2)5-7-12/h4-7,17H,3,8-10H2,1-2H3,(H3,14,15,16). The predicted molar refractivity (Wildman–Crippen MR) is 81.2 cm³/mol. The first-order valence-electron chi connectivity index (χ1n) is 6.56. The number of nitrogens with two attached hydrogens (primary N) is 1. The first-order chi connectivity index (χ1) is 9.45. The van der Waals surface area contributed by atoms with Crippen molar-refractivity contribution in [1.29, 1.82) is 0 Å². The van der Waals surface area contributed by atoms with E-state index in [9.17, 15) is 8.42 Å². The molecule has 0 aliphatic rings. The van der Waals surface area contributed by atoms with Gasteiger partial charge in [-0.15, -0.1) is 0 Å². The number of sulfonamides is 1. The highest BCUT2D eigenvalue weighted by Crippen LogP contribution is 2.09. The second-order valence-electron chi connectivity index (χ2n) is 4.40. The molecule has 0 spiro atoms. The maximum absolute atomic E-state index is 12.0. The minimum absolute atomic E-state index is 0.249. The second kappa shape index (κ2) is 7.86. The highest BCUT2D eigenvalue weighted by atomic mass is 32.2. The molecule has 0 saturated heterocycles. The molecule has 0 radical (unpaired) electrons. The molecule has 0 aromatic heterocycles. The summed E-state index contributed by atoms with van der Waals surface area (Å²) in [6.45, 7) is 5.22. The Morgan fingerprint density at radius 2 is 1.90 bits per heavy atom. The van der Waals surface area contributed by atoms with Crippen molar-refractivity contribution >= 4 is 16.0 Å². The molecule has 0 atom stereocenters. The molecule has 0 aliphatic heterocycles. The second-order valence-corrected chi connectivity index (χ2v) is 6.17. The van der Waals surface area contributed by atoms with E-state index in [4.69, 9.17) is 5.73 Å². The Hall–Kier alpha value is -1.60. The van der Waals surface area contributed by atoms with Crippen LogP contribution in [0.3, 0.4) is 0 Å². The van der Waals surface area contributed by atoms with Crippen molar-refractivity contribution in [2.45, 2.75) is 25.2 Å². The first-order valence-corrected chi connectivity index (χ1v) is 8.04. The molecule has 0 fully saturated rings. The van der Waals surface area contributed by atoms with Gasteiger partial charge in [0.2, 0.25) is 10.0 Å². The summed E-state index contributed by atoms with van der Waals surface area (Å²) in [6.07, 6.45) is 0.919. The van der Waals surface area contributed by atoms with Gasteiger partial charge in [-0.05, 0) is 25.5 Å². The summed E-state index contributed by atoms with van der Waals surface area (Å²) in [5.74, 6) is 0.335. The Labute approximate surface area is 120 Å². The number of nitrogens with one attached hydrogen (secondary N) is 2.